The van der Waals surface area contributed by atoms with E-state index in [1.54, 1.807) is 12.1 Å². The molecule has 8 heteroatoms. The summed E-state index contributed by atoms with van der Waals surface area (Å²) in [5.41, 5.74) is 1.05. The molecular weight excluding hydrogens is 314 g/mol. The van der Waals surface area contributed by atoms with Gasteiger partial charge in [-0.15, -0.1) is 0 Å². The first kappa shape index (κ1) is 16.3. The van der Waals surface area contributed by atoms with Crippen LogP contribution in [0.4, 0.5) is 4.79 Å². The predicted octanol–water partition coefficient (Wildman–Crippen LogP) is -0.456. The topological polar surface area (TPSA) is 108 Å². The van der Waals surface area contributed by atoms with Crippen molar-refractivity contribution in [1.29, 1.82) is 0 Å². The Hall–Kier alpha value is -2.61. The van der Waals surface area contributed by atoms with Gasteiger partial charge in [-0.25, -0.2) is 4.79 Å². The minimum absolute atomic E-state index is 0.219. The highest BCUT2D eigenvalue weighted by Gasteiger charge is 2.46. The van der Waals surface area contributed by atoms with Gasteiger partial charge in [0.2, 0.25) is 11.8 Å². The molecular formula is C16H19N3O5. The van der Waals surface area contributed by atoms with E-state index in [2.05, 4.69) is 10.6 Å². The molecule has 1 aromatic rings. The molecule has 2 aliphatic heterocycles. The Balaban J connectivity index is 1.59. The smallest absolute Gasteiger partial charge is 0.410 e. The fourth-order valence-electron chi connectivity index (χ4n) is 3.00. The monoisotopic (exact) mass is 333 g/mol. The van der Waals surface area contributed by atoms with E-state index in [9.17, 15) is 14.4 Å². The summed E-state index contributed by atoms with van der Waals surface area (Å²) in [6.45, 7) is 1.71. The molecule has 2 fully saturated rings. The van der Waals surface area contributed by atoms with Crippen molar-refractivity contribution in [2.45, 2.75) is 31.5 Å². The fraction of sp³-hybridized carbons (Fsp3) is 0.438. The maximum Gasteiger partial charge on any atom is 0.412 e. The molecule has 24 heavy (non-hydrogen) atoms. The molecule has 3 atom stereocenters. The standard InChI is InChI=1S/C16H19N3O5/c1-9-2-4-11(5-3-9)24-16(23)17-10-6-13-14(21)18-12(8-20)15(22)19(13)7-10/h2-5,10,12-13,20H,6-8H2,1H3,(H,17,23)(H,18,21)/t10-,12-,13-/m0/s1. The van der Waals surface area contributed by atoms with Crippen LogP contribution in [0.1, 0.15) is 12.0 Å². The third-order valence-electron chi connectivity index (χ3n) is 4.24. The van der Waals surface area contributed by atoms with Crippen molar-refractivity contribution < 1.29 is 24.2 Å². The molecule has 0 spiro atoms. The van der Waals surface area contributed by atoms with E-state index in [1.165, 1.54) is 4.90 Å². The molecule has 2 saturated heterocycles. The van der Waals surface area contributed by atoms with Gasteiger partial charge in [0.25, 0.3) is 0 Å². The predicted molar refractivity (Wildman–Crippen MR) is 83.3 cm³/mol. The number of rotatable bonds is 3. The Morgan fingerprint density at radius 2 is 2.08 bits per heavy atom. The summed E-state index contributed by atoms with van der Waals surface area (Å²) in [6, 6.07) is 5.13. The van der Waals surface area contributed by atoms with Gasteiger partial charge >= 0.3 is 6.09 Å². The highest BCUT2D eigenvalue weighted by molar-refractivity contribution is 5.97. The second kappa shape index (κ2) is 6.48. The Morgan fingerprint density at radius 1 is 1.38 bits per heavy atom. The van der Waals surface area contributed by atoms with Crippen LogP contribution in [-0.2, 0) is 9.59 Å². The van der Waals surface area contributed by atoms with Crippen LogP contribution in [0.25, 0.3) is 0 Å². The van der Waals surface area contributed by atoms with Crippen LogP contribution in [0.2, 0.25) is 0 Å². The Kier molecular flexibility index (Phi) is 4.39. The summed E-state index contributed by atoms with van der Waals surface area (Å²) in [4.78, 5) is 37.5. The van der Waals surface area contributed by atoms with Crippen LogP contribution in [0.15, 0.2) is 24.3 Å². The normalized spacial score (nSPS) is 25.9. The van der Waals surface area contributed by atoms with Crippen molar-refractivity contribution in [3.8, 4) is 5.75 Å². The summed E-state index contributed by atoms with van der Waals surface area (Å²) >= 11 is 0. The van der Waals surface area contributed by atoms with Gasteiger partial charge in [0.15, 0.2) is 0 Å². The lowest BCUT2D eigenvalue weighted by molar-refractivity contribution is -0.148. The molecule has 0 unspecified atom stereocenters. The van der Waals surface area contributed by atoms with Crippen molar-refractivity contribution in [1.82, 2.24) is 15.5 Å². The summed E-state index contributed by atoms with van der Waals surface area (Å²) < 4.78 is 5.19. The van der Waals surface area contributed by atoms with Gasteiger partial charge < -0.3 is 25.4 Å². The van der Waals surface area contributed by atoms with Crippen LogP contribution < -0.4 is 15.4 Å². The van der Waals surface area contributed by atoms with Crippen molar-refractivity contribution >= 4 is 17.9 Å². The van der Waals surface area contributed by atoms with Crippen LogP contribution in [0.5, 0.6) is 5.75 Å². The maximum absolute atomic E-state index is 12.1. The number of amides is 3. The number of aliphatic hydroxyl groups is 1. The third-order valence-corrected chi connectivity index (χ3v) is 4.24. The lowest BCUT2D eigenvalue weighted by Gasteiger charge is -2.33. The molecule has 8 nitrogen and oxygen atoms in total. The number of nitrogens with one attached hydrogen (secondary N) is 2. The van der Waals surface area contributed by atoms with E-state index in [4.69, 9.17) is 9.84 Å². The molecule has 0 radical (unpaired) electrons. The summed E-state index contributed by atoms with van der Waals surface area (Å²) in [6.07, 6.45) is -0.311. The van der Waals surface area contributed by atoms with Gasteiger partial charge in [-0.1, -0.05) is 17.7 Å². The molecule has 3 rings (SSSR count). The van der Waals surface area contributed by atoms with E-state index in [-0.39, 0.29) is 24.4 Å². The zero-order chi connectivity index (χ0) is 17.3. The lowest BCUT2D eigenvalue weighted by Crippen LogP contribution is -2.62. The Bertz CT molecular complexity index is 660. The van der Waals surface area contributed by atoms with E-state index in [0.29, 0.717) is 12.2 Å². The van der Waals surface area contributed by atoms with Crippen LogP contribution >= 0.6 is 0 Å². The van der Waals surface area contributed by atoms with Gasteiger partial charge in [-0.3, -0.25) is 9.59 Å². The highest BCUT2D eigenvalue weighted by atomic mass is 16.6. The Labute approximate surface area is 138 Å². The summed E-state index contributed by atoms with van der Waals surface area (Å²) in [5, 5.41) is 14.3. The molecule has 0 aromatic heterocycles. The quantitative estimate of drug-likeness (QED) is 0.694. The van der Waals surface area contributed by atoms with Gasteiger partial charge in [0.05, 0.1) is 12.6 Å². The van der Waals surface area contributed by atoms with E-state index in [0.717, 1.165) is 5.56 Å². The number of hydrogen-bond donors (Lipinski definition) is 3. The average Bonchev–Trinajstić information content (AvgIpc) is 2.97. The van der Waals surface area contributed by atoms with E-state index < -0.39 is 24.8 Å². The van der Waals surface area contributed by atoms with Gasteiger partial charge in [-0.2, -0.15) is 0 Å². The number of benzene rings is 1. The molecule has 3 N–H and O–H groups in total. The minimum atomic E-state index is -0.910. The summed E-state index contributed by atoms with van der Waals surface area (Å²) in [5.74, 6) is -0.230. The van der Waals surface area contributed by atoms with Crippen molar-refractivity contribution in [3.63, 3.8) is 0 Å². The number of fused-ring (bicyclic) bond motifs is 1. The highest BCUT2D eigenvalue weighted by Crippen LogP contribution is 2.23. The number of carbonyl (C=O) groups excluding carboxylic acids is 3. The minimum Gasteiger partial charge on any atom is -0.410 e. The number of piperazine rings is 1. The number of aryl methyl sites for hydroxylation is 1. The molecule has 0 saturated carbocycles. The molecule has 2 heterocycles. The Morgan fingerprint density at radius 3 is 2.75 bits per heavy atom. The van der Waals surface area contributed by atoms with Crippen molar-refractivity contribution in [2.75, 3.05) is 13.2 Å². The third kappa shape index (κ3) is 3.18. The lowest BCUT2D eigenvalue weighted by atomic mass is 10.1. The first-order valence-corrected chi connectivity index (χ1v) is 7.74. The van der Waals surface area contributed by atoms with Crippen molar-refractivity contribution in [2.24, 2.45) is 0 Å². The molecule has 0 aliphatic carbocycles. The van der Waals surface area contributed by atoms with Crippen molar-refractivity contribution in [3.05, 3.63) is 29.8 Å². The molecule has 1 aromatic carbocycles. The first-order chi connectivity index (χ1) is 11.5. The zero-order valence-electron chi connectivity index (χ0n) is 13.2. The van der Waals surface area contributed by atoms with E-state index in [1.807, 2.05) is 19.1 Å². The van der Waals surface area contributed by atoms with Crippen LogP contribution in [-0.4, -0.2) is 59.2 Å². The molecule has 0 bridgehead atoms. The number of hydrogen-bond acceptors (Lipinski definition) is 5. The average molecular weight is 333 g/mol. The first-order valence-electron chi connectivity index (χ1n) is 7.74. The molecule has 3 amide bonds. The largest absolute Gasteiger partial charge is 0.412 e. The number of carbonyl (C=O) groups is 3. The van der Waals surface area contributed by atoms with Gasteiger partial charge in [0, 0.05) is 6.54 Å². The van der Waals surface area contributed by atoms with Gasteiger partial charge in [-0.05, 0) is 25.5 Å². The van der Waals surface area contributed by atoms with Gasteiger partial charge in [0.1, 0.15) is 17.8 Å². The summed E-state index contributed by atoms with van der Waals surface area (Å²) in [7, 11) is 0. The second-order valence-corrected chi connectivity index (χ2v) is 6.03. The number of nitrogens with zero attached hydrogens (tertiary/aromatic N) is 1. The molecule has 128 valence electrons. The number of ether oxygens (including phenoxy) is 1. The van der Waals surface area contributed by atoms with Crippen LogP contribution in [0.3, 0.4) is 0 Å². The van der Waals surface area contributed by atoms with Crippen LogP contribution in [0, 0.1) is 6.92 Å². The zero-order valence-corrected chi connectivity index (χ0v) is 13.2. The fourth-order valence-corrected chi connectivity index (χ4v) is 3.00. The second-order valence-electron chi connectivity index (χ2n) is 6.03. The SMILES string of the molecule is Cc1ccc(OC(=O)N[C@H]2C[C@H]3C(=O)N[C@@H](CO)C(=O)N3C2)cc1. The maximum atomic E-state index is 12.1. The van der Waals surface area contributed by atoms with E-state index >= 15 is 0 Å². The molecule has 2 aliphatic rings. The number of aliphatic hydroxyl groups excluding tert-OH is 1.